The Kier molecular flexibility index (Phi) is 13.2. The van der Waals surface area contributed by atoms with Gasteiger partial charge in [0.1, 0.15) is 62.1 Å². The molecule has 0 spiro atoms. The number of ether oxygens (including phenoxy) is 4. The molecule has 1 aliphatic carbocycles. The van der Waals surface area contributed by atoms with E-state index in [0.29, 0.717) is 35.8 Å². The molecular formula is C39H50Cl2N8O9. The molecule has 4 amide bonds. The summed E-state index contributed by atoms with van der Waals surface area (Å²) >= 11 is 13.3. The van der Waals surface area contributed by atoms with Crippen LogP contribution in [0.4, 0.5) is 48.8 Å². The highest BCUT2D eigenvalue weighted by Crippen LogP contribution is 2.47. The number of rotatable bonds is 10. The number of nitro groups is 1. The van der Waals surface area contributed by atoms with E-state index in [2.05, 4.69) is 26.8 Å². The van der Waals surface area contributed by atoms with E-state index in [-0.39, 0.29) is 50.2 Å². The third kappa shape index (κ3) is 9.93. The zero-order chi connectivity index (χ0) is 42.9. The molecule has 1 aliphatic heterocycles. The maximum absolute atomic E-state index is 14.5. The number of halogens is 2. The van der Waals surface area contributed by atoms with E-state index in [1.807, 2.05) is 0 Å². The topological polar surface area (TPSA) is 173 Å². The van der Waals surface area contributed by atoms with Crippen LogP contribution in [0.2, 0.25) is 10.0 Å². The third-order valence-corrected chi connectivity index (χ3v) is 10.3. The van der Waals surface area contributed by atoms with Crippen LogP contribution < -0.4 is 29.1 Å². The minimum Gasteiger partial charge on any atom is -0.495 e. The molecular weight excluding hydrogens is 795 g/mol. The fourth-order valence-electron chi connectivity index (χ4n) is 6.51. The van der Waals surface area contributed by atoms with Crippen LogP contribution in [0, 0.1) is 10.1 Å². The van der Waals surface area contributed by atoms with Gasteiger partial charge < -0.3 is 28.7 Å². The van der Waals surface area contributed by atoms with Gasteiger partial charge in [-0.1, -0.05) is 23.2 Å². The molecule has 5 rings (SSSR count). The van der Waals surface area contributed by atoms with Crippen LogP contribution in [0.1, 0.15) is 67.2 Å². The van der Waals surface area contributed by atoms with Crippen LogP contribution in [0.25, 0.3) is 0 Å². The normalized spacial score (nSPS) is 14.8. The molecule has 314 valence electrons. The molecule has 1 aromatic heterocycles. The number of imide groups is 1. The fraction of sp³-hybridized carbons (Fsp3) is 0.513. The maximum Gasteiger partial charge on any atom is 0.423 e. The molecule has 58 heavy (non-hydrogen) atoms. The molecule has 19 heteroatoms. The van der Waals surface area contributed by atoms with Crippen molar-refractivity contribution in [3.63, 3.8) is 0 Å². The number of carbonyl (C=O) groups excluding carboxylic acids is 3. The van der Waals surface area contributed by atoms with E-state index in [1.165, 1.54) is 58.4 Å². The van der Waals surface area contributed by atoms with E-state index in [0.717, 1.165) is 29.0 Å². The van der Waals surface area contributed by atoms with Crippen LogP contribution in [-0.4, -0.2) is 103 Å². The second kappa shape index (κ2) is 17.4. The number of amides is 4. The van der Waals surface area contributed by atoms with Crippen LogP contribution in [0.5, 0.6) is 11.5 Å². The summed E-state index contributed by atoms with van der Waals surface area (Å²) in [7, 11) is 6.12. The first-order valence-corrected chi connectivity index (χ1v) is 19.4. The van der Waals surface area contributed by atoms with E-state index in [4.69, 9.17) is 42.1 Å². The first-order chi connectivity index (χ1) is 27.1. The lowest BCUT2D eigenvalue weighted by Gasteiger charge is -2.38. The lowest BCUT2D eigenvalue weighted by Crippen LogP contribution is -2.48. The number of hydrogen-bond donors (Lipinski definition) is 0. The Bertz CT molecular complexity index is 2020. The van der Waals surface area contributed by atoms with Crippen molar-refractivity contribution in [3.05, 3.63) is 56.8 Å². The first kappa shape index (κ1) is 44.0. The molecule has 0 N–H and O–H groups in total. The molecule has 2 heterocycles. The van der Waals surface area contributed by atoms with E-state index < -0.39 is 34.3 Å². The summed E-state index contributed by atoms with van der Waals surface area (Å²) in [4.78, 5) is 70.0. The average molecular weight is 846 g/mol. The Balaban J connectivity index is 1.55. The molecule has 3 aromatic rings. The van der Waals surface area contributed by atoms with Crippen molar-refractivity contribution in [1.82, 2.24) is 14.9 Å². The number of nitro benzene ring substituents is 1. The lowest BCUT2D eigenvalue weighted by atomic mass is 10.0. The zero-order valence-corrected chi connectivity index (χ0v) is 35.9. The van der Waals surface area contributed by atoms with Crippen molar-refractivity contribution < 1.29 is 38.3 Å². The number of urea groups is 1. The number of aromatic nitrogens is 2. The zero-order valence-electron chi connectivity index (χ0n) is 34.4. The van der Waals surface area contributed by atoms with Crippen molar-refractivity contribution in [2.75, 3.05) is 61.0 Å². The molecule has 2 aromatic carbocycles. The Labute approximate surface area is 347 Å². The van der Waals surface area contributed by atoms with Crippen LogP contribution >= 0.6 is 23.2 Å². The SMILES string of the molecule is COc1cc(OC)c(Cl)c(N(C(=O)OC(C)(C)C)C(=O)N(C)c2cc(N(C(=O)OC(C)(C)C)c3ccc(N4CCC(N(C)C5CC5)CC4)cc3[N+](=O)[O-])ncn2)c1Cl. The number of benzene rings is 2. The van der Waals surface area contributed by atoms with Gasteiger partial charge in [0.2, 0.25) is 0 Å². The van der Waals surface area contributed by atoms with Crippen LogP contribution in [-0.2, 0) is 9.47 Å². The minimum absolute atomic E-state index is 0.0394. The summed E-state index contributed by atoms with van der Waals surface area (Å²) in [5.41, 5.74) is -2.27. The van der Waals surface area contributed by atoms with Gasteiger partial charge in [-0.05, 0) is 86.4 Å². The quantitative estimate of drug-likeness (QED) is 0.140. The molecule has 0 radical (unpaired) electrons. The van der Waals surface area contributed by atoms with Gasteiger partial charge in [-0.2, -0.15) is 4.90 Å². The number of hydrogen-bond acceptors (Lipinski definition) is 13. The number of carbonyl (C=O) groups is 3. The first-order valence-electron chi connectivity index (χ1n) is 18.7. The van der Waals surface area contributed by atoms with Gasteiger partial charge >= 0.3 is 18.2 Å². The minimum atomic E-state index is -1.15. The van der Waals surface area contributed by atoms with Crippen LogP contribution in [0.3, 0.4) is 0 Å². The van der Waals surface area contributed by atoms with Crippen molar-refractivity contribution in [2.45, 2.75) is 90.5 Å². The van der Waals surface area contributed by atoms with Gasteiger partial charge in [0, 0.05) is 56.1 Å². The molecule has 2 fully saturated rings. The number of anilines is 5. The summed E-state index contributed by atoms with van der Waals surface area (Å²) in [6.07, 6.45) is 3.18. The summed E-state index contributed by atoms with van der Waals surface area (Å²) in [5, 5.41) is 12.3. The largest absolute Gasteiger partial charge is 0.495 e. The smallest absolute Gasteiger partial charge is 0.423 e. The summed E-state index contributed by atoms with van der Waals surface area (Å²) in [6.45, 7) is 11.2. The van der Waals surface area contributed by atoms with Crippen LogP contribution in [0.15, 0.2) is 36.7 Å². The molecule has 0 atom stereocenters. The predicted molar refractivity (Wildman–Crippen MR) is 222 cm³/mol. The Morgan fingerprint density at radius 2 is 1.34 bits per heavy atom. The fourth-order valence-corrected chi connectivity index (χ4v) is 7.18. The van der Waals surface area contributed by atoms with Crippen molar-refractivity contribution in [3.8, 4) is 11.5 Å². The number of piperidine rings is 1. The Morgan fingerprint density at radius 1 is 0.810 bits per heavy atom. The van der Waals surface area contributed by atoms with Gasteiger partial charge in [0.15, 0.2) is 0 Å². The monoisotopic (exact) mass is 844 g/mol. The molecule has 2 aliphatic rings. The Hall–Kier alpha value is -5.13. The Morgan fingerprint density at radius 3 is 1.86 bits per heavy atom. The molecule has 1 saturated heterocycles. The highest BCUT2D eigenvalue weighted by atomic mass is 35.5. The standard InChI is InChI=1S/C39H50Cl2N8O9/c1-38(2,3)57-36(51)47(26-14-13-25(19-27(26)49(53)54)46-17-15-24(16-18-46)44(7)23-11-12-23)31-21-30(42-22-43-31)45(8)35(50)48(37(52)58-39(4,5)6)34-32(40)28(55-9)20-29(56-10)33(34)41/h13-14,19-24H,11-12,15-18H2,1-10H3. The van der Waals surface area contributed by atoms with Crippen molar-refractivity contribution >= 4 is 75.8 Å². The second-order valence-corrected chi connectivity index (χ2v) is 16.8. The van der Waals surface area contributed by atoms with Gasteiger partial charge in [-0.15, -0.1) is 0 Å². The van der Waals surface area contributed by atoms with Crippen molar-refractivity contribution in [2.24, 2.45) is 0 Å². The predicted octanol–water partition coefficient (Wildman–Crippen LogP) is 8.84. The summed E-state index contributed by atoms with van der Waals surface area (Å²) in [5.74, 6) is -0.241. The second-order valence-electron chi connectivity index (χ2n) is 16.0. The molecule has 17 nitrogen and oxygen atoms in total. The number of nitrogens with zero attached hydrogens (tertiary/aromatic N) is 8. The van der Waals surface area contributed by atoms with Gasteiger partial charge in [-0.25, -0.2) is 29.3 Å². The molecule has 0 bridgehead atoms. The number of methoxy groups -OCH3 is 2. The van der Waals surface area contributed by atoms with Gasteiger partial charge in [0.05, 0.1) is 19.1 Å². The highest BCUT2D eigenvalue weighted by molar-refractivity contribution is 6.43. The molecule has 0 unspecified atom stereocenters. The maximum atomic E-state index is 14.5. The van der Waals surface area contributed by atoms with Crippen molar-refractivity contribution in [1.29, 1.82) is 0 Å². The van der Waals surface area contributed by atoms with E-state index >= 15 is 0 Å². The lowest BCUT2D eigenvalue weighted by molar-refractivity contribution is -0.384. The van der Waals surface area contributed by atoms with Gasteiger partial charge in [0.25, 0.3) is 5.69 Å². The van der Waals surface area contributed by atoms with E-state index in [1.54, 1.807) is 47.6 Å². The molecule has 1 saturated carbocycles. The van der Waals surface area contributed by atoms with Gasteiger partial charge in [-0.3, -0.25) is 15.0 Å². The average Bonchev–Trinajstić information content (AvgIpc) is 4.01. The third-order valence-electron chi connectivity index (χ3n) is 9.54. The summed E-state index contributed by atoms with van der Waals surface area (Å²) in [6, 6.07) is 7.28. The highest BCUT2D eigenvalue weighted by Gasteiger charge is 2.39. The summed E-state index contributed by atoms with van der Waals surface area (Å²) < 4.78 is 22.1. The van der Waals surface area contributed by atoms with E-state index in [9.17, 15) is 24.5 Å².